The minimum absolute atomic E-state index is 0.161. The first-order valence-electron chi connectivity index (χ1n) is 16.8. The molecule has 0 aromatic heterocycles. The number of ether oxygens (including phenoxy) is 1. The third-order valence-corrected chi connectivity index (χ3v) is 12.0. The molecule has 0 unspecified atom stereocenters. The summed E-state index contributed by atoms with van der Waals surface area (Å²) in [6.07, 6.45) is 0. The van der Waals surface area contributed by atoms with Crippen LogP contribution in [0, 0.1) is 6.92 Å². The summed E-state index contributed by atoms with van der Waals surface area (Å²) in [5, 5.41) is 5.14. The molecule has 0 saturated heterocycles. The van der Waals surface area contributed by atoms with Gasteiger partial charge in [0.25, 0.3) is 0 Å². The van der Waals surface area contributed by atoms with Crippen molar-refractivity contribution >= 4 is 54.5 Å². The van der Waals surface area contributed by atoms with Crippen molar-refractivity contribution in [3.63, 3.8) is 0 Å². The lowest BCUT2D eigenvalue weighted by atomic mass is 9.81. The van der Waals surface area contributed by atoms with E-state index in [2.05, 4.69) is 171 Å². The van der Waals surface area contributed by atoms with Crippen molar-refractivity contribution in [1.29, 1.82) is 0 Å². The number of halogens is 1. The van der Waals surface area contributed by atoms with Crippen LogP contribution in [-0.4, -0.2) is 0 Å². The van der Waals surface area contributed by atoms with Crippen LogP contribution in [0.2, 0.25) is 0 Å². The lowest BCUT2D eigenvalue weighted by Gasteiger charge is -2.35. The molecule has 10 rings (SSSR count). The molecule has 1 aliphatic heterocycles. The molecule has 0 bridgehead atoms. The normalized spacial score (nSPS) is 15.8. The maximum absolute atomic E-state index is 7.04. The summed E-state index contributed by atoms with van der Waals surface area (Å²) in [6, 6.07) is 42.5. The van der Waals surface area contributed by atoms with E-state index in [-0.39, 0.29) is 10.8 Å². The molecule has 3 aliphatic rings. The highest BCUT2D eigenvalue weighted by molar-refractivity contribution is 9.10. The first kappa shape index (κ1) is 28.2. The molecule has 232 valence electrons. The molecule has 2 aliphatic carbocycles. The molecule has 0 amide bonds. The Labute approximate surface area is 289 Å². The molecule has 0 N–H and O–H groups in total. The van der Waals surface area contributed by atoms with Gasteiger partial charge in [-0.15, -0.1) is 0 Å². The minimum Gasteiger partial charge on any atom is -0.453 e. The molecule has 0 fully saturated rings. The number of benzene rings is 7. The zero-order valence-corrected chi connectivity index (χ0v) is 29.3. The van der Waals surface area contributed by atoms with E-state index in [1.54, 1.807) is 0 Å². The SMILES string of the molecule is Cc1cc2c(c3ccccc13)-c1cc3c(cc1C2(C)C)Oc1cc2c(cc1N3c1ccccc1)-c1c(cc(Br)c3ccccc13)C2(C)C. The zero-order valence-electron chi connectivity index (χ0n) is 27.7. The Morgan fingerprint density at radius 1 is 0.521 bits per heavy atom. The van der Waals surface area contributed by atoms with Crippen LogP contribution in [0.15, 0.2) is 120 Å². The molecule has 2 nitrogen and oxygen atoms in total. The topological polar surface area (TPSA) is 12.5 Å². The third-order valence-electron chi connectivity index (χ3n) is 11.4. The zero-order chi connectivity index (χ0) is 32.7. The average Bonchev–Trinajstić information content (AvgIpc) is 3.44. The van der Waals surface area contributed by atoms with Crippen LogP contribution < -0.4 is 9.64 Å². The fraction of sp³-hybridized carbons (Fsp3) is 0.156. The molecule has 48 heavy (non-hydrogen) atoms. The molecule has 3 heteroatoms. The van der Waals surface area contributed by atoms with Crippen LogP contribution in [0.4, 0.5) is 17.1 Å². The third kappa shape index (κ3) is 3.52. The van der Waals surface area contributed by atoms with Crippen molar-refractivity contribution in [3.8, 4) is 33.8 Å². The van der Waals surface area contributed by atoms with E-state index in [0.717, 1.165) is 33.0 Å². The summed E-state index contributed by atoms with van der Waals surface area (Å²) < 4.78 is 8.17. The number of hydrogen-bond donors (Lipinski definition) is 0. The van der Waals surface area contributed by atoms with Gasteiger partial charge in [-0.2, -0.15) is 0 Å². The Balaban J connectivity index is 1.26. The average molecular weight is 685 g/mol. The summed E-state index contributed by atoms with van der Waals surface area (Å²) >= 11 is 3.91. The smallest absolute Gasteiger partial charge is 0.151 e. The van der Waals surface area contributed by atoms with Crippen LogP contribution in [0.3, 0.4) is 0 Å². The van der Waals surface area contributed by atoms with E-state index < -0.39 is 0 Å². The van der Waals surface area contributed by atoms with Gasteiger partial charge >= 0.3 is 0 Å². The van der Waals surface area contributed by atoms with Crippen molar-refractivity contribution in [3.05, 3.63) is 148 Å². The molecule has 7 aromatic carbocycles. The number of rotatable bonds is 1. The quantitative estimate of drug-likeness (QED) is 0.171. The van der Waals surface area contributed by atoms with Crippen LogP contribution in [0.1, 0.15) is 55.5 Å². The first-order valence-corrected chi connectivity index (χ1v) is 17.6. The molecular weight excluding hydrogens is 650 g/mol. The molecule has 0 radical (unpaired) electrons. The van der Waals surface area contributed by atoms with Gasteiger partial charge in [-0.1, -0.05) is 116 Å². The van der Waals surface area contributed by atoms with Gasteiger partial charge in [-0.05, 0) is 121 Å². The van der Waals surface area contributed by atoms with Gasteiger partial charge in [0.1, 0.15) is 0 Å². The second-order valence-electron chi connectivity index (χ2n) is 14.7. The molecule has 1 heterocycles. The van der Waals surface area contributed by atoms with Crippen molar-refractivity contribution in [1.82, 2.24) is 0 Å². The van der Waals surface area contributed by atoms with Crippen LogP contribution in [0.5, 0.6) is 11.5 Å². The summed E-state index contributed by atoms with van der Waals surface area (Å²) in [6.45, 7) is 11.6. The number of aryl methyl sites for hydroxylation is 1. The molecule has 0 saturated carbocycles. The highest BCUT2D eigenvalue weighted by atomic mass is 79.9. The van der Waals surface area contributed by atoms with Crippen molar-refractivity contribution in [2.45, 2.75) is 45.4 Å². The maximum Gasteiger partial charge on any atom is 0.151 e. The number of para-hydroxylation sites is 1. The number of nitrogens with zero attached hydrogens (tertiary/aromatic N) is 1. The highest BCUT2D eigenvalue weighted by Crippen LogP contribution is 2.61. The van der Waals surface area contributed by atoms with E-state index >= 15 is 0 Å². The molecule has 0 spiro atoms. The lowest BCUT2D eigenvalue weighted by molar-refractivity contribution is 0.473. The molecule has 7 aromatic rings. The summed E-state index contributed by atoms with van der Waals surface area (Å²) in [5.41, 5.74) is 14.8. The Hall–Kier alpha value is -4.86. The van der Waals surface area contributed by atoms with E-state index in [0.29, 0.717) is 0 Å². The number of hydrogen-bond acceptors (Lipinski definition) is 2. The highest BCUT2D eigenvalue weighted by Gasteiger charge is 2.42. The lowest BCUT2D eigenvalue weighted by Crippen LogP contribution is -2.19. The molecule has 0 atom stereocenters. The van der Waals surface area contributed by atoms with Crippen molar-refractivity contribution in [2.24, 2.45) is 0 Å². The fourth-order valence-electron chi connectivity index (χ4n) is 8.95. The van der Waals surface area contributed by atoms with E-state index in [1.807, 2.05) is 0 Å². The number of fused-ring (bicyclic) bond motifs is 12. The van der Waals surface area contributed by atoms with E-state index in [9.17, 15) is 0 Å². The van der Waals surface area contributed by atoms with Gasteiger partial charge in [0.2, 0.25) is 0 Å². The standard InChI is InChI=1S/C45H34BrNO/c1-25-19-35-42(29-17-11-9-15-27(25)29)31-20-38-40(23-33(31)44(35,2)3)48-41-24-34-32(21-39(41)47(38)26-13-7-6-8-14-26)43-30-18-12-10-16-28(30)37(46)22-36(43)45(34,4)5/h6-24H,1-5H3. The Morgan fingerprint density at radius 3 is 1.58 bits per heavy atom. The number of anilines is 3. The predicted molar refractivity (Wildman–Crippen MR) is 204 cm³/mol. The minimum atomic E-state index is -0.187. The van der Waals surface area contributed by atoms with Gasteiger partial charge in [0.15, 0.2) is 11.5 Å². The van der Waals surface area contributed by atoms with Crippen molar-refractivity contribution < 1.29 is 4.74 Å². The largest absolute Gasteiger partial charge is 0.453 e. The fourth-order valence-corrected chi connectivity index (χ4v) is 9.52. The Bertz CT molecular complexity index is 2400. The van der Waals surface area contributed by atoms with E-state index in [1.165, 1.54) is 71.6 Å². The van der Waals surface area contributed by atoms with Gasteiger partial charge in [-0.3, -0.25) is 0 Å². The second-order valence-corrected chi connectivity index (χ2v) is 15.6. The Kier molecular flexibility index (Phi) is 5.51. The maximum atomic E-state index is 7.04. The monoisotopic (exact) mass is 683 g/mol. The Morgan fingerprint density at radius 2 is 1.00 bits per heavy atom. The van der Waals surface area contributed by atoms with Crippen LogP contribution in [0.25, 0.3) is 43.8 Å². The summed E-state index contributed by atoms with van der Waals surface area (Å²) in [7, 11) is 0. The first-order chi connectivity index (χ1) is 23.1. The van der Waals surface area contributed by atoms with E-state index in [4.69, 9.17) is 4.74 Å². The van der Waals surface area contributed by atoms with Gasteiger partial charge in [0.05, 0.1) is 11.4 Å². The predicted octanol–water partition coefficient (Wildman–Crippen LogP) is 13.3. The van der Waals surface area contributed by atoms with Gasteiger partial charge < -0.3 is 9.64 Å². The summed E-state index contributed by atoms with van der Waals surface area (Å²) in [5.74, 6) is 1.79. The van der Waals surface area contributed by atoms with Crippen molar-refractivity contribution in [2.75, 3.05) is 4.90 Å². The van der Waals surface area contributed by atoms with Gasteiger partial charge in [0, 0.05) is 21.0 Å². The van der Waals surface area contributed by atoms with Crippen LogP contribution in [-0.2, 0) is 10.8 Å². The molecular formula is C45H34BrNO. The van der Waals surface area contributed by atoms with Crippen LogP contribution >= 0.6 is 15.9 Å². The second kappa shape index (κ2) is 9.39. The summed E-state index contributed by atoms with van der Waals surface area (Å²) in [4.78, 5) is 2.42. The van der Waals surface area contributed by atoms with Gasteiger partial charge in [-0.25, -0.2) is 0 Å².